The summed E-state index contributed by atoms with van der Waals surface area (Å²) in [7, 11) is 4.00. The first kappa shape index (κ1) is 11.9. The lowest BCUT2D eigenvalue weighted by Crippen LogP contribution is -2.18. The average molecular weight is 205 g/mol. The van der Waals surface area contributed by atoms with Crippen LogP contribution in [-0.4, -0.2) is 30.5 Å². The van der Waals surface area contributed by atoms with Crippen LogP contribution in [0.5, 0.6) is 0 Å². The maximum absolute atomic E-state index is 4.40. The van der Waals surface area contributed by atoms with E-state index in [-0.39, 0.29) is 0 Å². The van der Waals surface area contributed by atoms with E-state index in [2.05, 4.69) is 41.0 Å². The van der Waals surface area contributed by atoms with Gasteiger partial charge in [0.2, 0.25) is 0 Å². The SMILES string of the molecule is C=CCN(C)Cc1ccc(CNC)cn1. The highest BCUT2D eigenvalue weighted by Gasteiger charge is 1.99. The Morgan fingerprint density at radius 2 is 2.33 bits per heavy atom. The number of likely N-dealkylation sites (N-methyl/N-ethyl adjacent to an activating group) is 1. The van der Waals surface area contributed by atoms with Gasteiger partial charge in [-0.15, -0.1) is 6.58 Å². The van der Waals surface area contributed by atoms with Crippen molar-refractivity contribution in [2.75, 3.05) is 20.6 Å². The molecule has 0 aromatic carbocycles. The van der Waals surface area contributed by atoms with Crippen LogP contribution in [0.2, 0.25) is 0 Å². The van der Waals surface area contributed by atoms with Crippen LogP contribution in [0.3, 0.4) is 0 Å². The van der Waals surface area contributed by atoms with Crippen molar-refractivity contribution in [3.05, 3.63) is 42.2 Å². The van der Waals surface area contributed by atoms with Gasteiger partial charge in [-0.2, -0.15) is 0 Å². The zero-order valence-electron chi connectivity index (χ0n) is 9.53. The number of nitrogens with zero attached hydrogens (tertiary/aromatic N) is 2. The standard InChI is InChI=1S/C12H19N3/c1-4-7-15(3)10-12-6-5-11(8-13-2)9-14-12/h4-6,9,13H,1,7-8,10H2,2-3H3. The highest BCUT2D eigenvalue weighted by Crippen LogP contribution is 2.02. The molecule has 3 heteroatoms. The third-order valence-corrected chi connectivity index (χ3v) is 2.14. The van der Waals surface area contributed by atoms with E-state index in [1.165, 1.54) is 5.56 Å². The van der Waals surface area contributed by atoms with E-state index in [4.69, 9.17) is 0 Å². The molecule has 1 rings (SSSR count). The monoisotopic (exact) mass is 205 g/mol. The Morgan fingerprint density at radius 1 is 1.53 bits per heavy atom. The van der Waals surface area contributed by atoms with E-state index in [0.29, 0.717) is 0 Å². The first-order valence-corrected chi connectivity index (χ1v) is 5.14. The first-order chi connectivity index (χ1) is 7.26. The molecule has 82 valence electrons. The van der Waals surface area contributed by atoms with Crippen LogP contribution in [0.4, 0.5) is 0 Å². The Labute approximate surface area is 91.8 Å². The van der Waals surface area contributed by atoms with Gasteiger partial charge in [0.25, 0.3) is 0 Å². The minimum absolute atomic E-state index is 0.867. The Kier molecular flexibility index (Phi) is 5.01. The smallest absolute Gasteiger partial charge is 0.0544 e. The average Bonchev–Trinajstić information content (AvgIpc) is 2.22. The number of hydrogen-bond acceptors (Lipinski definition) is 3. The number of hydrogen-bond donors (Lipinski definition) is 1. The van der Waals surface area contributed by atoms with Crippen molar-refractivity contribution in [1.29, 1.82) is 0 Å². The van der Waals surface area contributed by atoms with Crippen molar-refractivity contribution >= 4 is 0 Å². The summed E-state index contributed by atoms with van der Waals surface area (Å²) < 4.78 is 0. The molecule has 1 aromatic rings. The van der Waals surface area contributed by atoms with Crippen molar-refractivity contribution in [2.45, 2.75) is 13.1 Å². The lowest BCUT2D eigenvalue weighted by Gasteiger charge is -2.13. The number of pyridine rings is 1. The Bertz CT molecular complexity index is 292. The lowest BCUT2D eigenvalue weighted by molar-refractivity contribution is 0.359. The third kappa shape index (κ3) is 4.23. The van der Waals surface area contributed by atoms with Crippen LogP contribution < -0.4 is 5.32 Å². The fourth-order valence-electron chi connectivity index (χ4n) is 1.42. The Balaban J connectivity index is 2.52. The maximum atomic E-state index is 4.40. The fourth-order valence-corrected chi connectivity index (χ4v) is 1.42. The summed E-state index contributed by atoms with van der Waals surface area (Å²) in [6, 6.07) is 4.19. The Morgan fingerprint density at radius 3 is 2.87 bits per heavy atom. The lowest BCUT2D eigenvalue weighted by atomic mass is 10.2. The molecule has 0 spiro atoms. The fraction of sp³-hybridized carbons (Fsp3) is 0.417. The zero-order valence-corrected chi connectivity index (χ0v) is 9.53. The van der Waals surface area contributed by atoms with Crippen LogP contribution in [-0.2, 0) is 13.1 Å². The second kappa shape index (κ2) is 6.32. The molecule has 0 bridgehead atoms. The van der Waals surface area contributed by atoms with E-state index in [1.807, 2.05) is 19.3 Å². The van der Waals surface area contributed by atoms with Gasteiger partial charge < -0.3 is 5.32 Å². The molecule has 1 N–H and O–H groups in total. The molecule has 0 amide bonds. The minimum Gasteiger partial charge on any atom is -0.316 e. The summed E-state index contributed by atoms with van der Waals surface area (Å²) in [5, 5.41) is 3.10. The van der Waals surface area contributed by atoms with Gasteiger partial charge in [-0.05, 0) is 25.7 Å². The van der Waals surface area contributed by atoms with E-state index in [9.17, 15) is 0 Å². The van der Waals surface area contributed by atoms with Crippen molar-refractivity contribution in [2.24, 2.45) is 0 Å². The first-order valence-electron chi connectivity index (χ1n) is 5.14. The molecular weight excluding hydrogens is 186 g/mol. The van der Waals surface area contributed by atoms with Crippen LogP contribution in [0.15, 0.2) is 31.0 Å². The number of aromatic nitrogens is 1. The van der Waals surface area contributed by atoms with Crippen LogP contribution in [0.25, 0.3) is 0 Å². The third-order valence-electron chi connectivity index (χ3n) is 2.14. The van der Waals surface area contributed by atoms with Crippen molar-refractivity contribution in [1.82, 2.24) is 15.2 Å². The molecule has 0 atom stereocenters. The summed E-state index contributed by atoms with van der Waals surface area (Å²) in [6.45, 7) is 6.34. The molecule has 0 saturated carbocycles. The predicted octanol–water partition coefficient (Wildman–Crippen LogP) is 1.42. The summed E-state index contributed by atoms with van der Waals surface area (Å²) in [6.07, 6.45) is 3.82. The molecule has 0 radical (unpaired) electrons. The van der Waals surface area contributed by atoms with E-state index in [1.54, 1.807) is 0 Å². The highest BCUT2D eigenvalue weighted by molar-refractivity contribution is 5.13. The zero-order chi connectivity index (χ0) is 11.1. The predicted molar refractivity (Wildman–Crippen MR) is 63.5 cm³/mol. The molecule has 1 aromatic heterocycles. The van der Waals surface area contributed by atoms with Gasteiger partial charge in [0.1, 0.15) is 0 Å². The highest BCUT2D eigenvalue weighted by atomic mass is 15.1. The summed E-state index contributed by atoms with van der Waals surface area (Å²) in [5.41, 5.74) is 2.31. The summed E-state index contributed by atoms with van der Waals surface area (Å²) >= 11 is 0. The van der Waals surface area contributed by atoms with Gasteiger partial charge in [-0.1, -0.05) is 12.1 Å². The normalized spacial score (nSPS) is 10.6. The van der Waals surface area contributed by atoms with E-state index < -0.39 is 0 Å². The Hall–Kier alpha value is -1.19. The molecule has 0 unspecified atom stereocenters. The summed E-state index contributed by atoms with van der Waals surface area (Å²) in [4.78, 5) is 6.58. The van der Waals surface area contributed by atoms with E-state index in [0.717, 1.165) is 25.3 Å². The molecule has 0 aliphatic heterocycles. The van der Waals surface area contributed by atoms with Gasteiger partial charge in [0.15, 0.2) is 0 Å². The van der Waals surface area contributed by atoms with E-state index >= 15 is 0 Å². The van der Waals surface area contributed by atoms with Gasteiger partial charge >= 0.3 is 0 Å². The van der Waals surface area contributed by atoms with Crippen molar-refractivity contribution in [3.8, 4) is 0 Å². The minimum atomic E-state index is 0.867. The second-order valence-corrected chi connectivity index (χ2v) is 3.67. The number of nitrogens with one attached hydrogen (secondary N) is 1. The van der Waals surface area contributed by atoms with Crippen LogP contribution in [0, 0.1) is 0 Å². The molecular formula is C12H19N3. The van der Waals surface area contributed by atoms with Crippen LogP contribution in [0.1, 0.15) is 11.3 Å². The maximum Gasteiger partial charge on any atom is 0.0544 e. The summed E-state index contributed by atoms with van der Waals surface area (Å²) in [5.74, 6) is 0. The van der Waals surface area contributed by atoms with Gasteiger partial charge in [-0.25, -0.2) is 0 Å². The molecule has 1 heterocycles. The second-order valence-electron chi connectivity index (χ2n) is 3.67. The number of rotatable bonds is 6. The largest absolute Gasteiger partial charge is 0.316 e. The van der Waals surface area contributed by atoms with Crippen molar-refractivity contribution in [3.63, 3.8) is 0 Å². The topological polar surface area (TPSA) is 28.2 Å². The van der Waals surface area contributed by atoms with Crippen LogP contribution >= 0.6 is 0 Å². The molecule has 0 fully saturated rings. The molecule has 15 heavy (non-hydrogen) atoms. The molecule has 0 saturated heterocycles. The van der Waals surface area contributed by atoms with Gasteiger partial charge in [0.05, 0.1) is 5.69 Å². The quantitative estimate of drug-likeness (QED) is 0.712. The van der Waals surface area contributed by atoms with Gasteiger partial charge in [-0.3, -0.25) is 9.88 Å². The van der Waals surface area contributed by atoms with Crippen molar-refractivity contribution < 1.29 is 0 Å². The molecule has 0 aliphatic rings. The molecule has 3 nitrogen and oxygen atoms in total. The van der Waals surface area contributed by atoms with Gasteiger partial charge in [0, 0.05) is 25.8 Å². The molecule has 0 aliphatic carbocycles.